The third-order valence-electron chi connectivity index (χ3n) is 3.14. The van der Waals surface area contributed by atoms with Gasteiger partial charge in [0.15, 0.2) is 0 Å². The molecule has 0 amide bonds. The normalized spacial score (nSPS) is 17.1. The van der Waals surface area contributed by atoms with Crippen molar-refractivity contribution >= 4 is 6.01 Å². The Morgan fingerprint density at radius 2 is 2.21 bits per heavy atom. The van der Waals surface area contributed by atoms with Crippen LogP contribution in [0.2, 0.25) is 0 Å². The van der Waals surface area contributed by atoms with Crippen LogP contribution < -0.4 is 10.2 Å². The molecule has 0 spiro atoms. The van der Waals surface area contributed by atoms with E-state index in [-0.39, 0.29) is 12.7 Å². The van der Waals surface area contributed by atoms with Crippen molar-refractivity contribution in [2.24, 2.45) is 0 Å². The number of aliphatic hydroxyl groups excluding tert-OH is 1. The van der Waals surface area contributed by atoms with Crippen molar-refractivity contribution in [3.63, 3.8) is 0 Å². The molecule has 2 heterocycles. The molecule has 2 rings (SSSR count). The van der Waals surface area contributed by atoms with Crippen LogP contribution in [0.1, 0.15) is 25.7 Å². The largest absolute Gasteiger partial charge is 0.407 e. The van der Waals surface area contributed by atoms with E-state index in [1.165, 1.54) is 0 Å². The molecule has 7 nitrogen and oxygen atoms in total. The van der Waals surface area contributed by atoms with Gasteiger partial charge in [-0.05, 0) is 19.4 Å². The van der Waals surface area contributed by atoms with Gasteiger partial charge in [0.2, 0.25) is 5.89 Å². The average molecular weight is 270 g/mol. The van der Waals surface area contributed by atoms with Crippen LogP contribution in [0.25, 0.3) is 0 Å². The van der Waals surface area contributed by atoms with Gasteiger partial charge in [-0.3, -0.25) is 0 Å². The number of rotatable bonds is 7. The number of anilines is 1. The van der Waals surface area contributed by atoms with E-state index in [4.69, 9.17) is 14.3 Å². The summed E-state index contributed by atoms with van der Waals surface area (Å²) in [6.07, 6.45) is 2.07. The molecular formula is C12H22N4O3. The Hall–Kier alpha value is -1.18. The maximum Gasteiger partial charge on any atom is 0.318 e. The molecule has 0 saturated carbocycles. The molecule has 0 aliphatic carbocycles. The lowest BCUT2D eigenvalue weighted by molar-refractivity contribution is 0.0154. The Labute approximate surface area is 112 Å². The number of hydrogen-bond donors (Lipinski definition) is 2. The van der Waals surface area contributed by atoms with Gasteiger partial charge in [0.25, 0.3) is 0 Å². The number of hydrogen-bond acceptors (Lipinski definition) is 7. The summed E-state index contributed by atoms with van der Waals surface area (Å²) < 4.78 is 11.1. The lowest BCUT2D eigenvalue weighted by Gasteiger charge is -2.30. The molecule has 1 aliphatic rings. The molecule has 19 heavy (non-hydrogen) atoms. The van der Waals surface area contributed by atoms with Gasteiger partial charge in [-0.2, -0.15) is 0 Å². The minimum absolute atomic E-state index is 0.0810. The Balaban J connectivity index is 1.78. The van der Waals surface area contributed by atoms with Crippen LogP contribution in [-0.2, 0) is 11.3 Å². The van der Waals surface area contributed by atoms with Crippen molar-refractivity contribution in [3.05, 3.63) is 5.89 Å². The van der Waals surface area contributed by atoms with E-state index in [0.717, 1.165) is 32.5 Å². The molecule has 1 fully saturated rings. The molecule has 0 bridgehead atoms. The minimum atomic E-state index is 0.0810. The van der Waals surface area contributed by atoms with Gasteiger partial charge in [0.05, 0.1) is 25.9 Å². The second-order valence-corrected chi connectivity index (χ2v) is 4.54. The van der Waals surface area contributed by atoms with Crippen LogP contribution in [0.15, 0.2) is 4.42 Å². The predicted octanol–water partition coefficient (Wildman–Crippen LogP) is 0.157. The Morgan fingerprint density at radius 3 is 2.89 bits per heavy atom. The smallest absolute Gasteiger partial charge is 0.318 e. The van der Waals surface area contributed by atoms with Gasteiger partial charge < -0.3 is 24.5 Å². The summed E-state index contributed by atoms with van der Waals surface area (Å²) in [5.41, 5.74) is 0. The quantitative estimate of drug-likeness (QED) is 0.730. The molecule has 0 radical (unpaired) electrons. The molecule has 7 heteroatoms. The number of nitrogens with zero attached hydrogens (tertiary/aromatic N) is 3. The highest BCUT2D eigenvalue weighted by molar-refractivity contribution is 5.24. The first-order valence-electron chi connectivity index (χ1n) is 6.84. The number of aliphatic hydroxyl groups is 1. The SMILES string of the molecule is CCNCc1nnc(N2CCC(OCCO)CC2)o1. The fourth-order valence-electron chi connectivity index (χ4n) is 2.11. The first kappa shape index (κ1) is 14.2. The summed E-state index contributed by atoms with van der Waals surface area (Å²) in [5, 5.41) is 20.0. The van der Waals surface area contributed by atoms with Gasteiger partial charge in [0, 0.05) is 13.1 Å². The lowest BCUT2D eigenvalue weighted by Crippen LogP contribution is -2.37. The van der Waals surface area contributed by atoms with E-state index in [0.29, 0.717) is 25.1 Å². The van der Waals surface area contributed by atoms with E-state index < -0.39 is 0 Å². The molecule has 1 aromatic rings. The van der Waals surface area contributed by atoms with Crippen LogP contribution in [-0.4, -0.2) is 54.3 Å². The van der Waals surface area contributed by atoms with Crippen LogP contribution >= 0.6 is 0 Å². The molecular weight excluding hydrogens is 248 g/mol. The monoisotopic (exact) mass is 270 g/mol. The molecule has 0 atom stereocenters. The molecule has 1 aliphatic heterocycles. The minimum Gasteiger partial charge on any atom is -0.407 e. The van der Waals surface area contributed by atoms with Gasteiger partial charge in [-0.1, -0.05) is 12.0 Å². The van der Waals surface area contributed by atoms with E-state index >= 15 is 0 Å². The van der Waals surface area contributed by atoms with Crippen LogP contribution in [0.3, 0.4) is 0 Å². The topological polar surface area (TPSA) is 83.7 Å². The number of nitrogens with one attached hydrogen (secondary N) is 1. The third kappa shape index (κ3) is 4.15. The van der Waals surface area contributed by atoms with Crippen LogP contribution in [0.5, 0.6) is 0 Å². The van der Waals surface area contributed by atoms with Crippen molar-refractivity contribution in [3.8, 4) is 0 Å². The molecule has 0 aromatic carbocycles. The van der Waals surface area contributed by atoms with Crippen LogP contribution in [0, 0.1) is 0 Å². The molecule has 108 valence electrons. The number of piperidine rings is 1. The summed E-state index contributed by atoms with van der Waals surface area (Å²) in [6.45, 7) is 5.72. The summed E-state index contributed by atoms with van der Waals surface area (Å²) >= 11 is 0. The van der Waals surface area contributed by atoms with Crippen molar-refractivity contribution in [2.75, 3.05) is 37.7 Å². The van der Waals surface area contributed by atoms with Gasteiger partial charge >= 0.3 is 6.01 Å². The highest BCUT2D eigenvalue weighted by Crippen LogP contribution is 2.20. The summed E-state index contributed by atoms with van der Waals surface area (Å²) in [4.78, 5) is 2.08. The zero-order valence-electron chi connectivity index (χ0n) is 11.3. The zero-order chi connectivity index (χ0) is 13.5. The Kier molecular flexibility index (Phi) is 5.56. The van der Waals surface area contributed by atoms with E-state index in [2.05, 4.69) is 20.4 Å². The van der Waals surface area contributed by atoms with Crippen molar-refractivity contribution in [2.45, 2.75) is 32.4 Å². The highest BCUT2D eigenvalue weighted by Gasteiger charge is 2.23. The summed E-state index contributed by atoms with van der Waals surface area (Å²) in [6, 6.07) is 0.591. The van der Waals surface area contributed by atoms with E-state index in [1.54, 1.807) is 0 Å². The molecule has 1 aromatic heterocycles. The molecule has 0 unspecified atom stereocenters. The summed E-state index contributed by atoms with van der Waals surface area (Å²) in [5.74, 6) is 0.621. The lowest BCUT2D eigenvalue weighted by atomic mass is 10.1. The fourth-order valence-corrected chi connectivity index (χ4v) is 2.11. The van der Waals surface area contributed by atoms with Crippen LogP contribution in [0.4, 0.5) is 6.01 Å². The molecule has 1 saturated heterocycles. The fraction of sp³-hybridized carbons (Fsp3) is 0.833. The number of aromatic nitrogens is 2. The second-order valence-electron chi connectivity index (χ2n) is 4.54. The first-order valence-corrected chi connectivity index (χ1v) is 6.84. The predicted molar refractivity (Wildman–Crippen MR) is 70.0 cm³/mol. The third-order valence-corrected chi connectivity index (χ3v) is 3.14. The Bertz CT molecular complexity index is 364. The number of ether oxygens (including phenoxy) is 1. The Morgan fingerprint density at radius 1 is 1.42 bits per heavy atom. The highest BCUT2D eigenvalue weighted by atomic mass is 16.5. The second kappa shape index (κ2) is 7.42. The maximum atomic E-state index is 8.73. The van der Waals surface area contributed by atoms with Crippen molar-refractivity contribution < 1.29 is 14.3 Å². The average Bonchev–Trinajstić information content (AvgIpc) is 2.92. The van der Waals surface area contributed by atoms with Gasteiger partial charge in [0.1, 0.15) is 0 Å². The first-order chi connectivity index (χ1) is 9.33. The zero-order valence-corrected chi connectivity index (χ0v) is 11.3. The van der Waals surface area contributed by atoms with Crippen molar-refractivity contribution in [1.29, 1.82) is 0 Å². The van der Waals surface area contributed by atoms with E-state index in [1.807, 2.05) is 6.92 Å². The van der Waals surface area contributed by atoms with Gasteiger partial charge in [-0.25, -0.2) is 0 Å². The summed E-state index contributed by atoms with van der Waals surface area (Å²) in [7, 11) is 0. The maximum absolute atomic E-state index is 8.73. The van der Waals surface area contributed by atoms with E-state index in [9.17, 15) is 0 Å². The van der Waals surface area contributed by atoms with Crippen molar-refractivity contribution in [1.82, 2.24) is 15.5 Å². The molecule has 2 N–H and O–H groups in total. The standard InChI is InChI=1S/C12H22N4O3/c1-2-13-9-11-14-15-12(19-11)16-5-3-10(4-6-16)18-8-7-17/h10,13,17H,2-9H2,1H3. The van der Waals surface area contributed by atoms with Gasteiger partial charge in [-0.15, -0.1) is 5.10 Å².